The molecule has 0 bridgehead atoms. The zero-order valence-electron chi connectivity index (χ0n) is 13.8. The number of anilines is 1. The number of hydrogen-bond acceptors (Lipinski definition) is 8. The van der Waals surface area contributed by atoms with Crippen molar-refractivity contribution in [3.8, 4) is 0 Å². The minimum absolute atomic E-state index is 0.150. The van der Waals surface area contributed by atoms with Gasteiger partial charge >= 0.3 is 0 Å². The van der Waals surface area contributed by atoms with E-state index < -0.39 is 0 Å². The zero-order chi connectivity index (χ0) is 18.4. The predicted molar refractivity (Wildman–Crippen MR) is 108 cm³/mol. The number of nitrogens with zero attached hydrogens (tertiary/aromatic N) is 2. The fourth-order valence-electron chi connectivity index (χ4n) is 2.16. The second kappa shape index (κ2) is 9.26. The van der Waals surface area contributed by atoms with Crippen LogP contribution in [0.1, 0.15) is 29.1 Å². The van der Waals surface area contributed by atoms with Gasteiger partial charge in [0.05, 0.1) is 12.5 Å². The number of hydrogen-bond donors (Lipinski definition) is 2. The Morgan fingerprint density at radius 2 is 2.00 bits per heavy atom. The molecule has 0 spiro atoms. The standard InChI is InChI=1S/C16H16N4O2S4/c1-10(21)17-12(13-5-3-7-24-13)8-14(22)18-15-19-20-16(26-15)25-9-11-4-2-6-23-11/h2-7,12H,8-9H2,1H3,(H,17,21)(H,18,19,22). The molecule has 0 radical (unpaired) electrons. The summed E-state index contributed by atoms with van der Waals surface area (Å²) in [5.41, 5.74) is 0. The Hall–Kier alpha value is -1.75. The van der Waals surface area contributed by atoms with Gasteiger partial charge in [0, 0.05) is 22.4 Å². The Balaban J connectivity index is 1.54. The van der Waals surface area contributed by atoms with E-state index in [1.165, 1.54) is 34.5 Å². The SMILES string of the molecule is CC(=O)NC(CC(=O)Nc1nnc(SCc2cccs2)s1)c1cccs1. The molecule has 136 valence electrons. The summed E-state index contributed by atoms with van der Waals surface area (Å²) >= 11 is 6.16. The molecule has 0 saturated heterocycles. The summed E-state index contributed by atoms with van der Waals surface area (Å²) < 4.78 is 0.811. The molecule has 0 aromatic carbocycles. The van der Waals surface area contributed by atoms with Crippen LogP contribution in [0.3, 0.4) is 0 Å². The van der Waals surface area contributed by atoms with Crippen molar-refractivity contribution in [2.45, 2.75) is 29.5 Å². The average molecular weight is 425 g/mol. The molecule has 10 heteroatoms. The van der Waals surface area contributed by atoms with Crippen molar-refractivity contribution >= 4 is 62.7 Å². The molecule has 0 fully saturated rings. The lowest BCUT2D eigenvalue weighted by Gasteiger charge is -2.15. The molecule has 2 amide bonds. The number of nitrogens with one attached hydrogen (secondary N) is 2. The highest BCUT2D eigenvalue weighted by atomic mass is 32.2. The molecule has 3 aromatic heterocycles. The summed E-state index contributed by atoms with van der Waals surface area (Å²) in [7, 11) is 0. The lowest BCUT2D eigenvalue weighted by molar-refractivity contribution is -0.120. The molecule has 3 rings (SSSR count). The van der Waals surface area contributed by atoms with Crippen LogP contribution in [-0.4, -0.2) is 22.0 Å². The molecular weight excluding hydrogens is 408 g/mol. The zero-order valence-corrected chi connectivity index (χ0v) is 17.1. The Morgan fingerprint density at radius 1 is 1.19 bits per heavy atom. The van der Waals surface area contributed by atoms with Crippen LogP contribution in [0.4, 0.5) is 5.13 Å². The van der Waals surface area contributed by atoms with Crippen LogP contribution >= 0.6 is 45.8 Å². The topological polar surface area (TPSA) is 84.0 Å². The van der Waals surface area contributed by atoms with E-state index in [0.29, 0.717) is 5.13 Å². The van der Waals surface area contributed by atoms with Gasteiger partial charge in [0.25, 0.3) is 0 Å². The van der Waals surface area contributed by atoms with E-state index in [-0.39, 0.29) is 24.3 Å². The van der Waals surface area contributed by atoms with Crippen LogP contribution in [0.15, 0.2) is 39.4 Å². The van der Waals surface area contributed by atoms with Gasteiger partial charge in [0.1, 0.15) is 0 Å². The Kier molecular flexibility index (Phi) is 6.78. The summed E-state index contributed by atoms with van der Waals surface area (Å²) in [5, 5.41) is 18.1. The molecule has 3 aromatic rings. The quantitative estimate of drug-likeness (QED) is 0.419. The van der Waals surface area contributed by atoms with Gasteiger partial charge in [-0.15, -0.1) is 32.9 Å². The molecule has 26 heavy (non-hydrogen) atoms. The molecule has 1 atom stereocenters. The average Bonchev–Trinajstić information content (AvgIpc) is 3.34. The minimum Gasteiger partial charge on any atom is -0.348 e. The number of carbonyl (C=O) groups excluding carboxylic acids is 2. The number of carbonyl (C=O) groups is 2. The van der Waals surface area contributed by atoms with Gasteiger partial charge in [0.2, 0.25) is 16.9 Å². The summed E-state index contributed by atoms with van der Waals surface area (Å²) in [6.45, 7) is 1.44. The normalized spacial score (nSPS) is 11.9. The highest BCUT2D eigenvalue weighted by molar-refractivity contribution is 8.00. The minimum atomic E-state index is -0.340. The van der Waals surface area contributed by atoms with Crippen molar-refractivity contribution in [3.05, 3.63) is 44.8 Å². The van der Waals surface area contributed by atoms with E-state index in [1.54, 1.807) is 23.1 Å². The molecule has 2 N–H and O–H groups in total. The Labute approximate surface area is 167 Å². The van der Waals surface area contributed by atoms with E-state index in [4.69, 9.17) is 0 Å². The number of amides is 2. The van der Waals surface area contributed by atoms with Gasteiger partial charge in [-0.1, -0.05) is 35.2 Å². The third-order valence-corrected chi connectivity index (χ3v) is 7.29. The van der Waals surface area contributed by atoms with Gasteiger partial charge < -0.3 is 10.6 Å². The lowest BCUT2D eigenvalue weighted by atomic mass is 10.1. The van der Waals surface area contributed by atoms with Gasteiger partial charge in [0.15, 0.2) is 4.34 Å². The van der Waals surface area contributed by atoms with Crippen molar-refractivity contribution in [2.75, 3.05) is 5.32 Å². The molecular formula is C16H16N4O2S4. The molecule has 1 unspecified atom stereocenters. The maximum absolute atomic E-state index is 12.3. The molecule has 0 aliphatic rings. The first-order chi connectivity index (χ1) is 12.6. The first kappa shape index (κ1) is 19.0. The van der Waals surface area contributed by atoms with Crippen molar-refractivity contribution in [1.29, 1.82) is 0 Å². The number of rotatable bonds is 8. The molecule has 0 saturated carbocycles. The van der Waals surface area contributed by atoms with Crippen molar-refractivity contribution in [3.63, 3.8) is 0 Å². The Morgan fingerprint density at radius 3 is 2.69 bits per heavy atom. The fourth-order valence-corrected chi connectivity index (χ4v) is 5.48. The monoisotopic (exact) mass is 424 g/mol. The van der Waals surface area contributed by atoms with Gasteiger partial charge in [-0.3, -0.25) is 9.59 Å². The maximum Gasteiger partial charge on any atom is 0.228 e. The second-order valence-electron chi connectivity index (χ2n) is 5.26. The third-order valence-electron chi connectivity index (χ3n) is 3.22. The highest BCUT2D eigenvalue weighted by Gasteiger charge is 2.19. The summed E-state index contributed by atoms with van der Waals surface area (Å²) in [6, 6.07) is 7.56. The van der Waals surface area contributed by atoms with Crippen LogP contribution in [-0.2, 0) is 15.3 Å². The predicted octanol–water partition coefficient (Wildman–Crippen LogP) is 4.16. The molecule has 3 heterocycles. The second-order valence-corrected chi connectivity index (χ2v) is 9.47. The van der Waals surface area contributed by atoms with Crippen molar-refractivity contribution in [1.82, 2.24) is 15.5 Å². The molecule has 0 aliphatic heterocycles. The summed E-state index contributed by atoms with van der Waals surface area (Å²) in [5.74, 6) is 0.464. The summed E-state index contributed by atoms with van der Waals surface area (Å²) in [4.78, 5) is 25.9. The summed E-state index contributed by atoms with van der Waals surface area (Å²) in [6.07, 6.45) is 0.150. The van der Waals surface area contributed by atoms with E-state index in [9.17, 15) is 9.59 Å². The maximum atomic E-state index is 12.3. The number of aromatic nitrogens is 2. The number of thiophene rings is 2. The van der Waals surface area contributed by atoms with Crippen LogP contribution in [0.2, 0.25) is 0 Å². The Bertz CT molecular complexity index is 846. The van der Waals surface area contributed by atoms with Crippen LogP contribution in [0, 0.1) is 0 Å². The van der Waals surface area contributed by atoms with E-state index >= 15 is 0 Å². The fraction of sp³-hybridized carbons (Fsp3) is 0.250. The van der Waals surface area contributed by atoms with Crippen molar-refractivity contribution < 1.29 is 9.59 Å². The van der Waals surface area contributed by atoms with E-state index in [0.717, 1.165) is 15.0 Å². The smallest absolute Gasteiger partial charge is 0.228 e. The lowest BCUT2D eigenvalue weighted by Crippen LogP contribution is -2.29. The van der Waals surface area contributed by atoms with Crippen molar-refractivity contribution in [2.24, 2.45) is 0 Å². The number of thioether (sulfide) groups is 1. The van der Waals surface area contributed by atoms with Gasteiger partial charge in [-0.2, -0.15) is 0 Å². The third kappa shape index (κ3) is 5.63. The van der Waals surface area contributed by atoms with Crippen LogP contribution in [0.5, 0.6) is 0 Å². The van der Waals surface area contributed by atoms with E-state index in [2.05, 4.69) is 26.9 Å². The van der Waals surface area contributed by atoms with Crippen LogP contribution < -0.4 is 10.6 Å². The van der Waals surface area contributed by atoms with Crippen LogP contribution in [0.25, 0.3) is 0 Å². The van der Waals surface area contributed by atoms with E-state index in [1.807, 2.05) is 29.0 Å². The largest absolute Gasteiger partial charge is 0.348 e. The highest BCUT2D eigenvalue weighted by Crippen LogP contribution is 2.30. The first-order valence-electron chi connectivity index (χ1n) is 7.69. The molecule has 0 aliphatic carbocycles. The molecule has 6 nitrogen and oxygen atoms in total. The first-order valence-corrected chi connectivity index (χ1v) is 11.3. The van der Waals surface area contributed by atoms with Gasteiger partial charge in [-0.05, 0) is 22.9 Å². The van der Waals surface area contributed by atoms with Gasteiger partial charge in [-0.25, -0.2) is 0 Å².